The molecule has 8 aromatic rings. The first kappa shape index (κ1) is 24.8. The molecule has 0 fully saturated rings. The van der Waals surface area contributed by atoms with Gasteiger partial charge in [-0.3, -0.25) is 14.2 Å². The average Bonchev–Trinajstić information content (AvgIpc) is 3.70. The minimum absolute atomic E-state index is 0.00582. The van der Waals surface area contributed by atoms with Crippen LogP contribution in [0.1, 0.15) is 23.6 Å². The normalized spacial score (nSPS) is 15.2. The number of hydrogen-bond donors (Lipinski definition) is 0. The molecule has 3 heterocycles. The number of hydrazone groups is 1. The molecule has 44 heavy (non-hydrogen) atoms. The number of fused-ring (bicyclic) bond motifs is 5. The lowest BCUT2D eigenvalue weighted by atomic mass is 9.92. The van der Waals surface area contributed by atoms with Crippen LogP contribution >= 0.6 is 0 Å². The smallest absolute Gasteiger partial charge is 0.264 e. The molecular weight excluding hydrogens is 544 g/mol. The zero-order valence-corrected chi connectivity index (χ0v) is 23.9. The van der Waals surface area contributed by atoms with Gasteiger partial charge in [-0.2, -0.15) is 5.10 Å². The van der Waals surface area contributed by atoms with E-state index in [2.05, 4.69) is 83.9 Å². The molecule has 0 bridgehead atoms. The molecule has 0 radical (unpaired) electrons. The van der Waals surface area contributed by atoms with E-state index in [0.29, 0.717) is 17.5 Å². The minimum atomic E-state index is -0.0498. The van der Waals surface area contributed by atoms with Gasteiger partial charge in [0, 0.05) is 28.1 Å². The molecule has 1 aliphatic heterocycles. The highest BCUT2D eigenvalue weighted by Gasteiger charge is 2.31. The van der Waals surface area contributed by atoms with E-state index in [0.717, 1.165) is 55.5 Å². The highest BCUT2D eigenvalue weighted by atomic mass is 16.5. The maximum atomic E-state index is 13.9. The number of hydrogen-bond acceptors (Lipinski definition) is 5. The van der Waals surface area contributed by atoms with Crippen LogP contribution in [0.3, 0.4) is 0 Å². The fourth-order valence-electron chi connectivity index (χ4n) is 6.87. The zero-order valence-electron chi connectivity index (χ0n) is 23.9. The molecule has 0 saturated heterocycles. The maximum Gasteiger partial charge on any atom is 0.264 e. The van der Waals surface area contributed by atoms with Gasteiger partial charge in [0.1, 0.15) is 11.4 Å². The molecule has 6 nitrogen and oxygen atoms in total. The molecule has 0 N–H and O–H groups in total. The summed E-state index contributed by atoms with van der Waals surface area (Å²) in [5.41, 5.74) is 6.48. The summed E-state index contributed by atoms with van der Waals surface area (Å²) >= 11 is 0. The van der Waals surface area contributed by atoms with Gasteiger partial charge in [0.25, 0.3) is 5.56 Å². The van der Waals surface area contributed by atoms with E-state index in [1.54, 1.807) is 11.5 Å². The zero-order chi connectivity index (χ0) is 29.4. The molecule has 1 atom stereocenters. The van der Waals surface area contributed by atoms with E-state index in [1.165, 1.54) is 10.8 Å². The minimum Gasteiger partial charge on any atom is -0.497 e. The summed E-state index contributed by atoms with van der Waals surface area (Å²) in [6.07, 6.45) is 0.713. The molecule has 0 aliphatic carbocycles. The van der Waals surface area contributed by atoms with Gasteiger partial charge in [0.05, 0.1) is 35.6 Å². The Morgan fingerprint density at radius 3 is 2.41 bits per heavy atom. The Morgan fingerprint density at radius 1 is 0.750 bits per heavy atom. The van der Waals surface area contributed by atoms with Gasteiger partial charge in [-0.25, -0.2) is 4.98 Å². The monoisotopic (exact) mass is 570 g/mol. The summed E-state index contributed by atoms with van der Waals surface area (Å²) in [6, 6.07) is 41.2. The van der Waals surface area contributed by atoms with E-state index in [-0.39, 0.29) is 11.6 Å². The Balaban J connectivity index is 1.25. The second kappa shape index (κ2) is 9.38. The Hall–Kier alpha value is -5.75. The van der Waals surface area contributed by atoms with Gasteiger partial charge in [0.2, 0.25) is 0 Å². The molecule has 1 unspecified atom stereocenters. The van der Waals surface area contributed by atoms with Crippen LogP contribution in [-0.4, -0.2) is 22.2 Å². The number of aromatic nitrogens is 2. The summed E-state index contributed by atoms with van der Waals surface area (Å²) in [4.78, 5) is 18.8. The Morgan fingerprint density at radius 2 is 1.55 bits per heavy atom. The third-order valence-electron chi connectivity index (χ3n) is 9.00. The van der Waals surface area contributed by atoms with Gasteiger partial charge in [-0.1, -0.05) is 78.9 Å². The van der Waals surface area contributed by atoms with E-state index in [4.69, 9.17) is 14.8 Å². The molecule has 2 aromatic heterocycles. The van der Waals surface area contributed by atoms with Crippen molar-refractivity contribution in [1.29, 1.82) is 0 Å². The summed E-state index contributed by atoms with van der Waals surface area (Å²) in [5, 5.41) is 13.4. The van der Waals surface area contributed by atoms with Crippen molar-refractivity contribution in [3.63, 3.8) is 0 Å². The first-order valence-electron chi connectivity index (χ1n) is 14.8. The number of benzene rings is 6. The van der Waals surface area contributed by atoms with Crippen molar-refractivity contribution in [2.45, 2.75) is 12.5 Å². The van der Waals surface area contributed by atoms with Gasteiger partial charge in [-0.05, 0) is 64.2 Å². The molecule has 0 amide bonds. The van der Waals surface area contributed by atoms with Crippen LogP contribution < -0.4 is 15.3 Å². The van der Waals surface area contributed by atoms with Crippen molar-refractivity contribution in [2.24, 2.45) is 5.10 Å². The molecule has 9 rings (SSSR count). The van der Waals surface area contributed by atoms with Crippen molar-refractivity contribution in [3.05, 3.63) is 143 Å². The van der Waals surface area contributed by atoms with Crippen molar-refractivity contribution in [1.82, 2.24) is 9.38 Å². The number of nitrogens with zero attached hydrogens (tertiary/aromatic N) is 4. The topological polar surface area (TPSA) is 59.2 Å². The fourth-order valence-corrected chi connectivity index (χ4v) is 6.87. The van der Waals surface area contributed by atoms with Gasteiger partial charge < -0.3 is 4.74 Å². The van der Waals surface area contributed by atoms with Crippen LogP contribution in [-0.2, 0) is 0 Å². The highest BCUT2D eigenvalue weighted by molar-refractivity contribution is 6.22. The summed E-state index contributed by atoms with van der Waals surface area (Å²) in [7, 11) is 1.69. The fraction of sp³-hybridized carbons (Fsp3) is 0.0789. The van der Waals surface area contributed by atoms with E-state index >= 15 is 0 Å². The molecule has 210 valence electrons. The third kappa shape index (κ3) is 3.57. The summed E-state index contributed by atoms with van der Waals surface area (Å²) < 4.78 is 7.20. The van der Waals surface area contributed by atoms with Crippen molar-refractivity contribution in [3.8, 4) is 5.75 Å². The Bertz CT molecular complexity index is 2500. The van der Waals surface area contributed by atoms with Crippen LogP contribution in [0.5, 0.6) is 5.75 Å². The Labute approximate surface area is 252 Å². The second-order valence-corrected chi connectivity index (χ2v) is 11.4. The average molecular weight is 571 g/mol. The number of methoxy groups -OCH3 is 1. The molecule has 0 saturated carbocycles. The molecular formula is C38H26N4O2. The lowest BCUT2D eigenvalue weighted by molar-refractivity contribution is 0.414. The van der Waals surface area contributed by atoms with Gasteiger partial charge in [0.15, 0.2) is 0 Å². The predicted molar refractivity (Wildman–Crippen MR) is 178 cm³/mol. The SMILES string of the molecule is COc1ccc(C2CC(c3ccc4c(=O)n5c6ccccc6nc5c5cccc3c45)=NN2c2ccc3ccccc3c2)cc1. The molecule has 0 spiro atoms. The first-order valence-corrected chi connectivity index (χ1v) is 14.8. The molecule has 6 aromatic carbocycles. The number of rotatable bonds is 4. The highest BCUT2D eigenvalue weighted by Crippen LogP contribution is 2.40. The van der Waals surface area contributed by atoms with Crippen LogP contribution in [0.2, 0.25) is 0 Å². The van der Waals surface area contributed by atoms with E-state index in [9.17, 15) is 4.79 Å². The number of ether oxygens (including phenoxy) is 1. The van der Waals surface area contributed by atoms with E-state index < -0.39 is 0 Å². The largest absolute Gasteiger partial charge is 0.497 e. The van der Waals surface area contributed by atoms with Crippen molar-refractivity contribution in [2.75, 3.05) is 12.1 Å². The quantitative estimate of drug-likeness (QED) is 0.214. The van der Waals surface area contributed by atoms with Crippen molar-refractivity contribution >= 4 is 60.4 Å². The lowest BCUT2D eigenvalue weighted by Gasteiger charge is -2.24. The van der Waals surface area contributed by atoms with Crippen molar-refractivity contribution < 1.29 is 4.74 Å². The van der Waals surface area contributed by atoms with Crippen LogP contribution in [0.4, 0.5) is 5.69 Å². The summed E-state index contributed by atoms with van der Waals surface area (Å²) in [5.74, 6) is 0.824. The Kier molecular flexibility index (Phi) is 5.29. The first-order chi connectivity index (χ1) is 21.7. The molecule has 1 aliphatic rings. The van der Waals surface area contributed by atoms with Crippen LogP contribution in [0, 0.1) is 0 Å². The van der Waals surface area contributed by atoms with Gasteiger partial charge >= 0.3 is 0 Å². The number of imidazole rings is 1. The maximum absolute atomic E-state index is 13.9. The van der Waals surface area contributed by atoms with E-state index in [1.807, 2.05) is 42.5 Å². The summed E-state index contributed by atoms with van der Waals surface area (Å²) in [6.45, 7) is 0. The lowest BCUT2D eigenvalue weighted by Crippen LogP contribution is -2.18. The van der Waals surface area contributed by atoms with Crippen LogP contribution in [0.25, 0.3) is 49.0 Å². The third-order valence-corrected chi connectivity index (χ3v) is 9.00. The number of anilines is 1. The number of pyridine rings is 1. The number of para-hydroxylation sites is 2. The second-order valence-electron chi connectivity index (χ2n) is 11.4. The predicted octanol–water partition coefficient (Wildman–Crippen LogP) is 8.11. The standard InChI is InChI=1S/C38H26N4O2/c1-44-27-17-14-24(15-18-27)35-22-33(40-42(35)26-16-13-23-7-2-3-8-25(23)21-26)28-19-20-31-36-29(28)9-6-10-30(36)37-39-32-11-4-5-12-34(32)41(37)38(31)43/h2-21,35H,22H2,1H3. The van der Waals surface area contributed by atoms with Crippen LogP contribution in [0.15, 0.2) is 131 Å². The van der Waals surface area contributed by atoms with Gasteiger partial charge in [-0.15, -0.1) is 0 Å². The molecule has 6 heteroatoms.